The number of amides is 1. The number of rotatable bonds is 2. The molecule has 19 heavy (non-hydrogen) atoms. The van der Waals surface area contributed by atoms with Crippen LogP contribution >= 0.6 is 11.3 Å². The predicted octanol–water partition coefficient (Wildman–Crippen LogP) is 2.20. The fourth-order valence-electron chi connectivity index (χ4n) is 2.82. The number of aromatic nitrogens is 2. The van der Waals surface area contributed by atoms with E-state index < -0.39 is 0 Å². The zero-order valence-electron chi connectivity index (χ0n) is 11.2. The normalized spacial score (nSPS) is 16.3. The Labute approximate surface area is 115 Å². The smallest absolute Gasteiger partial charge is 0.263 e. The number of hydrogen-bond acceptors (Lipinski definition) is 4. The van der Waals surface area contributed by atoms with Crippen LogP contribution in [-0.4, -0.2) is 21.7 Å². The fraction of sp³-hybridized carbons (Fsp3) is 0.538. The second-order valence-corrected chi connectivity index (χ2v) is 6.19. The molecule has 0 aliphatic heterocycles. The Hall–Kier alpha value is -1.56. The molecule has 1 saturated carbocycles. The number of nitrogen functional groups attached to an aromatic ring is 1. The molecule has 0 aromatic carbocycles. The van der Waals surface area contributed by atoms with Gasteiger partial charge in [0.2, 0.25) is 0 Å². The number of fused-ring (bicyclic) bond motifs is 1. The van der Waals surface area contributed by atoms with Crippen molar-refractivity contribution in [1.82, 2.24) is 15.1 Å². The third-order valence-corrected chi connectivity index (χ3v) is 5.05. The molecule has 2 heterocycles. The number of nitrogens with one attached hydrogen (secondary N) is 1. The summed E-state index contributed by atoms with van der Waals surface area (Å²) in [6.07, 6.45) is 4.57. The van der Waals surface area contributed by atoms with E-state index in [1.54, 1.807) is 4.68 Å². The van der Waals surface area contributed by atoms with Crippen LogP contribution in [0.5, 0.6) is 0 Å². The maximum absolute atomic E-state index is 12.3. The second kappa shape index (κ2) is 4.52. The molecule has 3 N–H and O–H groups in total. The molecule has 2 aromatic rings. The highest BCUT2D eigenvalue weighted by atomic mass is 32.1. The molecular formula is C13H18N4OS. The van der Waals surface area contributed by atoms with Crippen LogP contribution in [0.15, 0.2) is 0 Å². The summed E-state index contributed by atoms with van der Waals surface area (Å²) in [4.78, 5) is 13.9. The van der Waals surface area contributed by atoms with E-state index in [4.69, 9.17) is 5.73 Å². The quantitative estimate of drug-likeness (QED) is 0.884. The van der Waals surface area contributed by atoms with Gasteiger partial charge in [-0.15, -0.1) is 11.3 Å². The van der Waals surface area contributed by atoms with E-state index in [0.717, 1.165) is 28.8 Å². The fourth-order valence-corrected chi connectivity index (χ4v) is 3.91. The molecule has 3 rings (SSSR count). The third-order valence-electron chi connectivity index (χ3n) is 3.78. The number of hydrogen-bond donors (Lipinski definition) is 2. The van der Waals surface area contributed by atoms with E-state index in [1.807, 2.05) is 14.0 Å². The molecule has 1 aliphatic carbocycles. The molecule has 0 atom stereocenters. The first-order valence-corrected chi connectivity index (χ1v) is 7.42. The van der Waals surface area contributed by atoms with Gasteiger partial charge in [-0.2, -0.15) is 5.10 Å². The highest BCUT2D eigenvalue weighted by Crippen LogP contribution is 2.35. The molecule has 0 unspecified atom stereocenters. The van der Waals surface area contributed by atoms with Crippen molar-refractivity contribution in [2.75, 3.05) is 5.73 Å². The van der Waals surface area contributed by atoms with Crippen LogP contribution in [-0.2, 0) is 7.05 Å². The topological polar surface area (TPSA) is 72.9 Å². The van der Waals surface area contributed by atoms with Gasteiger partial charge in [0.05, 0.1) is 16.8 Å². The minimum atomic E-state index is -0.0370. The number of carbonyl (C=O) groups is 1. The Morgan fingerprint density at radius 3 is 2.79 bits per heavy atom. The summed E-state index contributed by atoms with van der Waals surface area (Å²) in [6.45, 7) is 1.92. The van der Waals surface area contributed by atoms with Gasteiger partial charge in [-0.25, -0.2) is 0 Å². The van der Waals surface area contributed by atoms with Crippen molar-refractivity contribution in [2.45, 2.75) is 38.6 Å². The van der Waals surface area contributed by atoms with Crippen molar-refractivity contribution in [3.8, 4) is 0 Å². The van der Waals surface area contributed by atoms with Crippen molar-refractivity contribution in [1.29, 1.82) is 0 Å². The van der Waals surface area contributed by atoms with Gasteiger partial charge in [0, 0.05) is 13.1 Å². The van der Waals surface area contributed by atoms with E-state index in [1.165, 1.54) is 24.2 Å². The molecule has 5 nitrogen and oxygen atoms in total. The van der Waals surface area contributed by atoms with Gasteiger partial charge in [-0.05, 0) is 19.8 Å². The van der Waals surface area contributed by atoms with Gasteiger partial charge in [-0.3, -0.25) is 9.48 Å². The van der Waals surface area contributed by atoms with Gasteiger partial charge in [0.15, 0.2) is 0 Å². The summed E-state index contributed by atoms with van der Waals surface area (Å²) < 4.78 is 1.79. The van der Waals surface area contributed by atoms with Gasteiger partial charge in [0.1, 0.15) is 9.71 Å². The van der Waals surface area contributed by atoms with Crippen LogP contribution in [0.25, 0.3) is 10.2 Å². The van der Waals surface area contributed by atoms with Gasteiger partial charge in [-0.1, -0.05) is 12.8 Å². The molecule has 0 radical (unpaired) electrons. The van der Waals surface area contributed by atoms with Crippen LogP contribution in [0, 0.1) is 6.92 Å². The Kier molecular flexibility index (Phi) is 2.97. The first kappa shape index (κ1) is 12.5. The number of nitrogens with zero attached hydrogens (tertiary/aromatic N) is 2. The molecule has 2 aromatic heterocycles. The molecule has 102 valence electrons. The number of thiophene rings is 1. The summed E-state index contributed by atoms with van der Waals surface area (Å²) in [7, 11) is 1.88. The molecule has 0 spiro atoms. The lowest BCUT2D eigenvalue weighted by Crippen LogP contribution is -2.32. The third kappa shape index (κ3) is 2.00. The van der Waals surface area contributed by atoms with E-state index in [9.17, 15) is 4.79 Å². The van der Waals surface area contributed by atoms with E-state index in [0.29, 0.717) is 16.6 Å². The summed E-state index contributed by atoms with van der Waals surface area (Å²) in [5.41, 5.74) is 7.58. The standard InChI is InChI=1S/C13H18N4OS/c1-7-9-10(14)11(19-13(9)17(2)16-7)12(18)15-8-5-3-4-6-8/h8H,3-6,14H2,1-2H3,(H,15,18). The SMILES string of the molecule is Cc1nn(C)c2sc(C(=O)NC3CCCC3)c(N)c12. The number of anilines is 1. The first-order valence-electron chi connectivity index (χ1n) is 6.60. The van der Waals surface area contributed by atoms with Crippen molar-refractivity contribution in [3.05, 3.63) is 10.6 Å². The average molecular weight is 278 g/mol. The van der Waals surface area contributed by atoms with Crippen molar-refractivity contribution >= 4 is 33.1 Å². The first-order chi connectivity index (χ1) is 9.08. The minimum Gasteiger partial charge on any atom is -0.397 e. The highest BCUT2D eigenvalue weighted by Gasteiger charge is 2.24. The number of aryl methyl sites for hydroxylation is 2. The Balaban J connectivity index is 1.93. The maximum atomic E-state index is 12.3. The van der Waals surface area contributed by atoms with Crippen LogP contribution in [0.1, 0.15) is 41.0 Å². The van der Waals surface area contributed by atoms with Gasteiger partial charge >= 0.3 is 0 Å². The van der Waals surface area contributed by atoms with E-state index in [2.05, 4.69) is 10.4 Å². The van der Waals surface area contributed by atoms with Crippen molar-refractivity contribution in [3.63, 3.8) is 0 Å². The van der Waals surface area contributed by atoms with E-state index >= 15 is 0 Å². The summed E-state index contributed by atoms with van der Waals surface area (Å²) >= 11 is 1.43. The highest BCUT2D eigenvalue weighted by molar-refractivity contribution is 7.21. The van der Waals surface area contributed by atoms with E-state index in [-0.39, 0.29) is 5.91 Å². The summed E-state index contributed by atoms with van der Waals surface area (Å²) in [5.74, 6) is -0.0370. The largest absolute Gasteiger partial charge is 0.397 e. The molecular weight excluding hydrogens is 260 g/mol. The molecule has 1 fully saturated rings. The Bertz CT molecular complexity index is 637. The monoisotopic (exact) mass is 278 g/mol. The average Bonchev–Trinajstić information content (AvgIpc) is 3.01. The summed E-state index contributed by atoms with van der Waals surface area (Å²) in [5, 5.41) is 8.34. The Morgan fingerprint density at radius 1 is 1.47 bits per heavy atom. The zero-order valence-corrected chi connectivity index (χ0v) is 12.0. The van der Waals surface area contributed by atoms with Crippen molar-refractivity contribution in [2.24, 2.45) is 7.05 Å². The molecule has 1 aliphatic rings. The van der Waals surface area contributed by atoms with Crippen LogP contribution in [0.2, 0.25) is 0 Å². The van der Waals surface area contributed by atoms with Crippen molar-refractivity contribution < 1.29 is 4.79 Å². The minimum absolute atomic E-state index is 0.0370. The van der Waals surface area contributed by atoms with Gasteiger partial charge in [0.25, 0.3) is 5.91 Å². The lowest BCUT2D eigenvalue weighted by Gasteiger charge is -2.11. The number of nitrogens with two attached hydrogens (primary N) is 1. The Morgan fingerprint density at radius 2 is 2.16 bits per heavy atom. The summed E-state index contributed by atoms with van der Waals surface area (Å²) in [6, 6.07) is 0.316. The molecule has 0 bridgehead atoms. The lowest BCUT2D eigenvalue weighted by atomic mass is 10.2. The van der Waals surface area contributed by atoms with Gasteiger partial charge < -0.3 is 11.1 Å². The predicted molar refractivity (Wildman–Crippen MR) is 77.5 cm³/mol. The molecule has 6 heteroatoms. The lowest BCUT2D eigenvalue weighted by molar-refractivity contribution is 0.0943. The maximum Gasteiger partial charge on any atom is 0.263 e. The van der Waals surface area contributed by atoms with Crippen LogP contribution < -0.4 is 11.1 Å². The van der Waals surface area contributed by atoms with Crippen LogP contribution in [0.4, 0.5) is 5.69 Å². The molecule has 1 amide bonds. The van der Waals surface area contributed by atoms with Crippen LogP contribution in [0.3, 0.4) is 0 Å². The number of carbonyl (C=O) groups excluding carboxylic acids is 1. The second-order valence-electron chi connectivity index (χ2n) is 5.19. The molecule has 0 saturated heterocycles. The zero-order chi connectivity index (χ0) is 13.6.